The van der Waals surface area contributed by atoms with Gasteiger partial charge < -0.3 is 21.1 Å². The summed E-state index contributed by atoms with van der Waals surface area (Å²) in [6.45, 7) is 9.34. The molecule has 1 aromatic heterocycles. The van der Waals surface area contributed by atoms with Crippen LogP contribution in [0.2, 0.25) is 0 Å². The van der Waals surface area contributed by atoms with E-state index in [-0.39, 0.29) is 11.5 Å². The Hall–Kier alpha value is -2.71. The number of carbonyl (C=O) groups excluding carboxylic acids is 1. The van der Waals surface area contributed by atoms with Crippen LogP contribution < -0.4 is 16.2 Å². The lowest BCUT2D eigenvalue weighted by atomic mass is 10.1. The van der Waals surface area contributed by atoms with Crippen LogP contribution in [0.25, 0.3) is 0 Å². The number of anilines is 1. The first kappa shape index (κ1) is 20.0. The lowest BCUT2D eigenvalue weighted by Gasteiger charge is -2.33. The van der Waals surface area contributed by atoms with Gasteiger partial charge in [0.05, 0.1) is 11.9 Å². The van der Waals surface area contributed by atoms with E-state index in [1.807, 2.05) is 24.3 Å². The summed E-state index contributed by atoms with van der Waals surface area (Å²) in [5.74, 6) is 0.194. The van der Waals surface area contributed by atoms with Crippen molar-refractivity contribution in [3.05, 3.63) is 47.4 Å². The molecule has 3 rings (SSSR count). The summed E-state index contributed by atoms with van der Waals surface area (Å²) in [5.41, 5.74) is 12.6. The van der Waals surface area contributed by atoms with Gasteiger partial charge in [0.15, 0.2) is 11.5 Å². The van der Waals surface area contributed by atoms with Gasteiger partial charge in [-0.05, 0) is 24.2 Å². The quantitative estimate of drug-likeness (QED) is 0.691. The SMILES string of the molecule is CCN1CCN(CCOc2cccc(Cc3cnc(N)c(C(N)=O)n3)c2)CC1. The predicted molar refractivity (Wildman–Crippen MR) is 108 cm³/mol. The van der Waals surface area contributed by atoms with Crippen LogP contribution in [0.3, 0.4) is 0 Å². The molecule has 0 atom stereocenters. The molecule has 0 saturated carbocycles. The Bertz CT molecular complexity index is 805. The molecular formula is C20H28N6O2. The van der Waals surface area contributed by atoms with E-state index in [1.165, 1.54) is 0 Å². The monoisotopic (exact) mass is 384 g/mol. The summed E-state index contributed by atoms with van der Waals surface area (Å²) in [6, 6.07) is 7.86. The third-order valence-corrected chi connectivity index (χ3v) is 4.96. The number of primary amides is 1. The highest BCUT2D eigenvalue weighted by Gasteiger charge is 2.15. The van der Waals surface area contributed by atoms with Crippen molar-refractivity contribution in [2.75, 3.05) is 51.6 Å². The van der Waals surface area contributed by atoms with Crippen molar-refractivity contribution in [3.8, 4) is 5.75 Å². The van der Waals surface area contributed by atoms with Crippen LogP contribution >= 0.6 is 0 Å². The Labute approximate surface area is 165 Å². The highest BCUT2D eigenvalue weighted by molar-refractivity contribution is 5.94. The molecule has 150 valence electrons. The summed E-state index contributed by atoms with van der Waals surface area (Å²) in [7, 11) is 0. The minimum atomic E-state index is -0.677. The summed E-state index contributed by atoms with van der Waals surface area (Å²) in [6.07, 6.45) is 2.08. The van der Waals surface area contributed by atoms with Crippen molar-refractivity contribution in [2.24, 2.45) is 5.73 Å². The van der Waals surface area contributed by atoms with Crippen LogP contribution in [0.5, 0.6) is 5.75 Å². The molecule has 4 N–H and O–H groups in total. The zero-order valence-corrected chi connectivity index (χ0v) is 16.3. The summed E-state index contributed by atoms with van der Waals surface area (Å²) in [5, 5.41) is 0. The van der Waals surface area contributed by atoms with Crippen LogP contribution in [-0.2, 0) is 6.42 Å². The number of ether oxygens (including phenoxy) is 1. The minimum Gasteiger partial charge on any atom is -0.492 e. The maximum absolute atomic E-state index is 11.4. The van der Waals surface area contributed by atoms with Crippen molar-refractivity contribution < 1.29 is 9.53 Å². The Kier molecular flexibility index (Phi) is 6.78. The molecule has 1 aliphatic heterocycles. The molecule has 0 radical (unpaired) electrons. The first-order valence-corrected chi connectivity index (χ1v) is 9.62. The van der Waals surface area contributed by atoms with Gasteiger partial charge in [-0.3, -0.25) is 9.69 Å². The van der Waals surface area contributed by atoms with E-state index in [4.69, 9.17) is 16.2 Å². The normalized spacial score (nSPS) is 15.5. The molecular weight excluding hydrogens is 356 g/mol. The zero-order valence-electron chi connectivity index (χ0n) is 16.3. The molecule has 0 spiro atoms. The van der Waals surface area contributed by atoms with E-state index in [2.05, 4.69) is 26.7 Å². The van der Waals surface area contributed by atoms with Crippen molar-refractivity contribution in [1.29, 1.82) is 0 Å². The smallest absolute Gasteiger partial charge is 0.271 e. The molecule has 2 aromatic rings. The number of benzene rings is 1. The third kappa shape index (κ3) is 5.40. The second kappa shape index (κ2) is 9.48. The molecule has 1 saturated heterocycles. The van der Waals surface area contributed by atoms with Gasteiger partial charge >= 0.3 is 0 Å². The maximum atomic E-state index is 11.4. The van der Waals surface area contributed by atoms with Gasteiger partial charge in [0.2, 0.25) is 0 Å². The van der Waals surface area contributed by atoms with Crippen LogP contribution in [-0.4, -0.2) is 71.6 Å². The lowest BCUT2D eigenvalue weighted by Crippen LogP contribution is -2.47. The number of nitrogens with two attached hydrogens (primary N) is 2. The molecule has 2 heterocycles. The molecule has 8 heteroatoms. The van der Waals surface area contributed by atoms with Gasteiger partial charge in [-0.25, -0.2) is 9.97 Å². The average molecular weight is 384 g/mol. The number of piperazine rings is 1. The number of amides is 1. The van der Waals surface area contributed by atoms with E-state index in [0.717, 1.165) is 50.6 Å². The molecule has 1 fully saturated rings. The number of aromatic nitrogens is 2. The second-order valence-electron chi connectivity index (χ2n) is 6.91. The Morgan fingerprint density at radius 3 is 2.68 bits per heavy atom. The fourth-order valence-corrected chi connectivity index (χ4v) is 3.28. The molecule has 1 amide bonds. The van der Waals surface area contributed by atoms with E-state index >= 15 is 0 Å². The first-order valence-electron chi connectivity index (χ1n) is 9.62. The second-order valence-corrected chi connectivity index (χ2v) is 6.91. The molecule has 0 aliphatic carbocycles. The molecule has 1 aromatic carbocycles. The Morgan fingerprint density at radius 1 is 1.21 bits per heavy atom. The van der Waals surface area contributed by atoms with Crippen molar-refractivity contribution >= 4 is 11.7 Å². The van der Waals surface area contributed by atoms with Gasteiger partial charge in [-0.2, -0.15) is 0 Å². The number of carbonyl (C=O) groups is 1. The largest absolute Gasteiger partial charge is 0.492 e. The lowest BCUT2D eigenvalue weighted by molar-refractivity contribution is 0.0996. The van der Waals surface area contributed by atoms with Gasteiger partial charge in [0.1, 0.15) is 12.4 Å². The van der Waals surface area contributed by atoms with Gasteiger partial charge in [-0.15, -0.1) is 0 Å². The Balaban J connectivity index is 1.53. The zero-order chi connectivity index (χ0) is 19.9. The maximum Gasteiger partial charge on any atom is 0.271 e. The Morgan fingerprint density at radius 2 is 1.96 bits per heavy atom. The standard InChI is InChI=1S/C20H28N6O2/c1-2-25-6-8-26(9-7-25)10-11-28-17-5-3-4-15(13-17)12-16-14-23-19(21)18(24-16)20(22)27/h3-5,13-14H,2,6-12H2,1H3,(H2,21,23)(H2,22,27). The van der Waals surface area contributed by atoms with Crippen molar-refractivity contribution in [3.63, 3.8) is 0 Å². The summed E-state index contributed by atoms with van der Waals surface area (Å²) >= 11 is 0. The topological polar surface area (TPSA) is 111 Å². The van der Waals surface area contributed by atoms with Gasteiger partial charge in [0, 0.05) is 39.1 Å². The third-order valence-electron chi connectivity index (χ3n) is 4.96. The number of hydrogen-bond acceptors (Lipinski definition) is 7. The highest BCUT2D eigenvalue weighted by Crippen LogP contribution is 2.17. The van der Waals surface area contributed by atoms with Crippen molar-refractivity contribution in [1.82, 2.24) is 19.8 Å². The van der Waals surface area contributed by atoms with Crippen molar-refractivity contribution in [2.45, 2.75) is 13.3 Å². The molecule has 28 heavy (non-hydrogen) atoms. The number of likely N-dealkylation sites (N-methyl/N-ethyl adjacent to an activating group) is 1. The number of nitrogen functional groups attached to an aromatic ring is 1. The highest BCUT2D eigenvalue weighted by atomic mass is 16.5. The molecule has 0 unspecified atom stereocenters. The minimum absolute atomic E-state index is 0.00748. The van der Waals surface area contributed by atoms with Crippen LogP contribution in [0.1, 0.15) is 28.7 Å². The van der Waals surface area contributed by atoms with Gasteiger partial charge in [-0.1, -0.05) is 19.1 Å². The van der Waals surface area contributed by atoms with E-state index < -0.39 is 5.91 Å². The molecule has 0 bridgehead atoms. The van der Waals surface area contributed by atoms with E-state index in [1.54, 1.807) is 6.20 Å². The fraction of sp³-hybridized carbons (Fsp3) is 0.450. The number of hydrogen-bond donors (Lipinski definition) is 2. The fourth-order valence-electron chi connectivity index (χ4n) is 3.28. The molecule has 8 nitrogen and oxygen atoms in total. The average Bonchev–Trinajstić information content (AvgIpc) is 2.70. The first-order chi connectivity index (χ1) is 13.5. The summed E-state index contributed by atoms with van der Waals surface area (Å²) in [4.78, 5) is 24.5. The van der Waals surface area contributed by atoms with Crippen LogP contribution in [0, 0.1) is 0 Å². The van der Waals surface area contributed by atoms with E-state index in [0.29, 0.717) is 18.7 Å². The number of rotatable bonds is 8. The predicted octanol–water partition coefficient (Wildman–Crippen LogP) is 0.765. The van der Waals surface area contributed by atoms with Crippen LogP contribution in [0.4, 0.5) is 5.82 Å². The molecule has 1 aliphatic rings. The van der Waals surface area contributed by atoms with Crippen LogP contribution in [0.15, 0.2) is 30.5 Å². The van der Waals surface area contributed by atoms with Gasteiger partial charge in [0.25, 0.3) is 5.91 Å². The number of nitrogens with zero attached hydrogens (tertiary/aromatic N) is 4. The van der Waals surface area contributed by atoms with E-state index in [9.17, 15) is 4.79 Å². The summed E-state index contributed by atoms with van der Waals surface area (Å²) < 4.78 is 5.94.